The molecule has 0 aromatic rings. The lowest BCUT2D eigenvalue weighted by Gasteiger charge is -2.05. The highest BCUT2D eigenvalue weighted by Crippen LogP contribution is 1.93. The summed E-state index contributed by atoms with van der Waals surface area (Å²) in [6.07, 6.45) is 1.45. The molecule has 4 nitrogen and oxygen atoms in total. The van der Waals surface area contributed by atoms with Gasteiger partial charge in [-0.25, -0.2) is 0 Å². The minimum atomic E-state index is -0.745. The van der Waals surface area contributed by atoms with E-state index >= 15 is 0 Å². The molecule has 0 heterocycles. The Morgan fingerprint density at radius 3 is 2.67 bits per heavy atom. The fourth-order valence-corrected chi connectivity index (χ4v) is 0.837. The molecule has 0 amide bonds. The van der Waals surface area contributed by atoms with Gasteiger partial charge >= 0.3 is 5.97 Å². The second kappa shape index (κ2) is 7.06. The minimum Gasteiger partial charge on any atom is -0.481 e. The molecular formula is C8H17NO3. The maximum absolute atomic E-state index is 10.1. The number of aliphatic hydroxyl groups is 1. The van der Waals surface area contributed by atoms with Crippen molar-refractivity contribution >= 4 is 5.97 Å². The zero-order chi connectivity index (χ0) is 9.40. The van der Waals surface area contributed by atoms with Gasteiger partial charge < -0.3 is 15.5 Å². The van der Waals surface area contributed by atoms with Crippen molar-refractivity contribution < 1.29 is 15.0 Å². The maximum atomic E-state index is 10.1. The summed E-state index contributed by atoms with van der Waals surface area (Å²) >= 11 is 0. The number of aliphatic carboxylic acids is 1. The summed E-state index contributed by atoms with van der Waals surface area (Å²) in [5, 5.41) is 20.2. The number of rotatable bonds is 7. The Labute approximate surface area is 72.6 Å². The van der Waals surface area contributed by atoms with Crippen LogP contribution in [0.3, 0.4) is 0 Å². The third-order valence-electron chi connectivity index (χ3n) is 1.43. The molecular weight excluding hydrogens is 158 g/mol. The van der Waals surface area contributed by atoms with Crippen LogP contribution in [0.2, 0.25) is 0 Å². The number of hydrogen-bond donors (Lipinski definition) is 3. The lowest BCUT2D eigenvalue weighted by atomic mass is 10.2. The first-order valence-corrected chi connectivity index (χ1v) is 4.23. The SMILES string of the molecule is CC(O)CNCCCCC(=O)O. The molecule has 0 rings (SSSR count). The summed E-state index contributed by atoms with van der Waals surface area (Å²) in [5.41, 5.74) is 0. The molecule has 4 heteroatoms. The van der Waals surface area contributed by atoms with Crippen LogP contribution in [0, 0.1) is 0 Å². The average molecular weight is 175 g/mol. The molecule has 0 aliphatic heterocycles. The smallest absolute Gasteiger partial charge is 0.303 e. The number of aliphatic hydroxyl groups excluding tert-OH is 1. The summed E-state index contributed by atoms with van der Waals surface area (Å²) in [6.45, 7) is 3.06. The van der Waals surface area contributed by atoms with Crippen molar-refractivity contribution in [1.82, 2.24) is 5.32 Å². The Hall–Kier alpha value is -0.610. The predicted octanol–water partition coefficient (Wildman–Crippen LogP) is 0.212. The summed E-state index contributed by atoms with van der Waals surface area (Å²) in [7, 11) is 0. The highest BCUT2D eigenvalue weighted by atomic mass is 16.4. The number of unbranched alkanes of at least 4 members (excludes halogenated alkanes) is 1. The predicted molar refractivity (Wildman–Crippen MR) is 46.0 cm³/mol. The molecule has 0 aliphatic carbocycles. The second-order valence-electron chi connectivity index (χ2n) is 2.90. The van der Waals surface area contributed by atoms with Gasteiger partial charge in [-0.05, 0) is 26.3 Å². The van der Waals surface area contributed by atoms with Crippen LogP contribution in [0.25, 0.3) is 0 Å². The summed E-state index contributed by atoms with van der Waals surface area (Å²) < 4.78 is 0. The van der Waals surface area contributed by atoms with E-state index in [1.54, 1.807) is 6.92 Å². The molecule has 0 saturated heterocycles. The average Bonchev–Trinajstić information content (AvgIpc) is 1.95. The van der Waals surface area contributed by atoms with Crippen molar-refractivity contribution in [2.45, 2.75) is 32.3 Å². The fraction of sp³-hybridized carbons (Fsp3) is 0.875. The number of carbonyl (C=O) groups is 1. The van der Waals surface area contributed by atoms with E-state index in [1.807, 2.05) is 0 Å². The molecule has 0 fully saturated rings. The molecule has 72 valence electrons. The van der Waals surface area contributed by atoms with E-state index in [0.29, 0.717) is 13.0 Å². The van der Waals surface area contributed by atoms with E-state index in [2.05, 4.69) is 5.32 Å². The van der Waals surface area contributed by atoms with Crippen LogP contribution in [0.15, 0.2) is 0 Å². The van der Waals surface area contributed by atoms with Crippen molar-refractivity contribution in [3.63, 3.8) is 0 Å². The van der Waals surface area contributed by atoms with Crippen LogP contribution < -0.4 is 5.32 Å². The van der Waals surface area contributed by atoms with E-state index in [9.17, 15) is 4.79 Å². The Kier molecular flexibility index (Phi) is 6.70. The maximum Gasteiger partial charge on any atom is 0.303 e. The highest BCUT2D eigenvalue weighted by Gasteiger charge is 1.96. The Morgan fingerprint density at radius 2 is 2.17 bits per heavy atom. The van der Waals surface area contributed by atoms with Crippen LogP contribution >= 0.6 is 0 Å². The lowest BCUT2D eigenvalue weighted by Crippen LogP contribution is -2.25. The van der Waals surface area contributed by atoms with Gasteiger partial charge in [0.25, 0.3) is 0 Å². The van der Waals surface area contributed by atoms with Crippen molar-refractivity contribution in [1.29, 1.82) is 0 Å². The van der Waals surface area contributed by atoms with Crippen molar-refractivity contribution in [3.8, 4) is 0 Å². The molecule has 1 atom stereocenters. The van der Waals surface area contributed by atoms with Gasteiger partial charge in [-0.2, -0.15) is 0 Å². The van der Waals surface area contributed by atoms with E-state index < -0.39 is 5.97 Å². The standard InChI is InChI=1S/C8H17NO3/c1-7(10)6-9-5-3-2-4-8(11)12/h7,9-10H,2-6H2,1H3,(H,11,12). The molecule has 3 N–H and O–H groups in total. The van der Waals surface area contributed by atoms with E-state index in [4.69, 9.17) is 10.2 Å². The van der Waals surface area contributed by atoms with Crippen LogP contribution in [-0.4, -0.2) is 35.4 Å². The minimum absolute atomic E-state index is 0.232. The van der Waals surface area contributed by atoms with Crippen LogP contribution in [0.5, 0.6) is 0 Å². The number of carboxylic acids is 1. The lowest BCUT2D eigenvalue weighted by molar-refractivity contribution is -0.137. The van der Waals surface area contributed by atoms with E-state index in [0.717, 1.165) is 13.0 Å². The Balaban J connectivity index is 2.96. The number of hydrogen-bond acceptors (Lipinski definition) is 3. The van der Waals surface area contributed by atoms with Crippen LogP contribution in [0.4, 0.5) is 0 Å². The quantitative estimate of drug-likeness (QED) is 0.484. The molecule has 1 unspecified atom stereocenters. The van der Waals surface area contributed by atoms with Gasteiger partial charge in [-0.15, -0.1) is 0 Å². The molecule has 0 aliphatic rings. The first-order chi connectivity index (χ1) is 5.63. The van der Waals surface area contributed by atoms with Gasteiger partial charge in [0.2, 0.25) is 0 Å². The first kappa shape index (κ1) is 11.4. The topological polar surface area (TPSA) is 69.6 Å². The van der Waals surface area contributed by atoms with Crippen LogP contribution in [0.1, 0.15) is 26.2 Å². The third-order valence-corrected chi connectivity index (χ3v) is 1.43. The van der Waals surface area contributed by atoms with Crippen LogP contribution in [-0.2, 0) is 4.79 Å². The molecule has 12 heavy (non-hydrogen) atoms. The molecule has 0 radical (unpaired) electrons. The third kappa shape index (κ3) is 9.39. The van der Waals surface area contributed by atoms with Crippen molar-refractivity contribution in [2.24, 2.45) is 0 Å². The largest absolute Gasteiger partial charge is 0.481 e. The highest BCUT2D eigenvalue weighted by molar-refractivity contribution is 5.66. The first-order valence-electron chi connectivity index (χ1n) is 4.23. The molecule has 0 aromatic heterocycles. The molecule has 0 saturated carbocycles. The zero-order valence-electron chi connectivity index (χ0n) is 7.42. The normalized spacial score (nSPS) is 12.8. The van der Waals surface area contributed by atoms with Gasteiger partial charge in [0, 0.05) is 13.0 Å². The summed E-state index contributed by atoms with van der Waals surface area (Å²) in [5.74, 6) is -0.745. The summed E-state index contributed by atoms with van der Waals surface area (Å²) in [4.78, 5) is 10.1. The molecule has 0 bridgehead atoms. The van der Waals surface area contributed by atoms with Gasteiger partial charge in [0.1, 0.15) is 0 Å². The van der Waals surface area contributed by atoms with Gasteiger partial charge in [0.15, 0.2) is 0 Å². The summed E-state index contributed by atoms with van der Waals surface area (Å²) in [6, 6.07) is 0. The number of nitrogens with one attached hydrogen (secondary N) is 1. The number of carboxylic acid groups (broad SMARTS) is 1. The van der Waals surface area contributed by atoms with Crippen molar-refractivity contribution in [3.05, 3.63) is 0 Å². The Morgan fingerprint density at radius 1 is 1.50 bits per heavy atom. The van der Waals surface area contributed by atoms with Crippen molar-refractivity contribution in [2.75, 3.05) is 13.1 Å². The van der Waals surface area contributed by atoms with E-state index in [1.165, 1.54) is 0 Å². The van der Waals surface area contributed by atoms with E-state index in [-0.39, 0.29) is 12.5 Å². The fourth-order valence-electron chi connectivity index (χ4n) is 0.837. The molecule has 0 aromatic carbocycles. The zero-order valence-corrected chi connectivity index (χ0v) is 7.42. The second-order valence-corrected chi connectivity index (χ2v) is 2.90. The molecule has 0 spiro atoms. The van der Waals surface area contributed by atoms with Gasteiger partial charge in [-0.3, -0.25) is 4.79 Å². The van der Waals surface area contributed by atoms with Gasteiger partial charge in [0.05, 0.1) is 6.10 Å². The Bertz CT molecular complexity index is 125. The monoisotopic (exact) mass is 175 g/mol. The van der Waals surface area contributed by atoms with Gasteiger partial charge in [-0.1, -0.05) is 0 Å².